The van der Waals surface area contributed by atoms with Crippen molar-refractivity contribution < 1.29 is 32.2 Å². The van der Waals surface area contributed by atoms with E-state index in [4.69, 9.17) is 14.7 Å². The quantitative estimate of drug-likeness (QED) is 0.563. The minimum absolute atomic E-state index is 0.0222. The second-order valence-corrected chi connectivity index (χ2v) is 9.11. The Labute approximate surface area is 205 Å². The van der Waals surface area contributed by atoms with Gasteiger partial charge in [-0.1, -0.05) is 0 Å². The summed E-state index contributed by atoms with van der Waals surface area (Å²) in [5.74, 6) is -2.02. The molecule has 0 saturated carbocycles. The zero-order chi connectivity index (χ0) is 26.7. The van der Waals surface area contributed by atoms with E-state index < -0.39 is 53.8 Å². The molecule has 0 aromatic carbocycles. The molecule has 3 rings (SSSR count). The van der Waals surface area contributed by atoms with Crippen LogP contribution in [-0.4, -0.2) is 53.4 Å². The normalized spacial score (nSPS) is 19.9. The first-order valence-electron chi connectivity index (χ1n) is 10.8. The van der Waals surface area contributed by atoms with Gasteiger partial charge < -0.3 is 20.1 Å². The van der Waals surface area contributed by atoms with Gasteiger partial charge in [-0.2, -0.15) is 5.26 Å². The van der Waals surface area contributed by atoms with Crippen LogP contribution in [0.5, 0.6) is 0 Å². The molecule has 36 heavy (non-hydrogen) atoms. The number of carbonyl (C=O) groups excluding carboxylic acids is 2. The van der Waals surface area contributed by atoms with Crippen LogP contribution in [0.3, 0.4) is 0 Å². The van der Waals surface area contributed by atoms with E-state index in [1.807, 2.05) is 6.07 Å². The Bertz CT molecular complexity index is 1200. The number of alkyl carbamates (subject to hydrolysis) is 1. The van der Waals surface area contributed by atoms with Crippen LogP contribution in [0.15, 0.2) is 24.4 Å². The van der Waals surface area contributed by atoms with Crippen molar-refractivity contribution in [1.29, 1.82) is 5.26 Å². The first-order chi connectivity index (χ1) is 16.8. The van der Waals surface area contributed by atoms with Gasteiger partial charge in [0, 0.05) is 6.20 Å². The first-order valence-corrected chi connectivity index (χ1v) is 10.8. The third kappa shape index (κ3) is 6.07. The molecule has 3 N–H and O–H groups in total. The second-order valence-electron chi connectivity index (χ2n) is 9.11. The van der Waals surface area contributed by atoms with Crippen molar-refractivity contribution in [1.82, 2.24) is 20.6 Å². The molecule has 2 aromatic heterocycles. The van der Waals surface area contributed by atoms with Crippen molar-refractivity contribution >= 4 is 17.8 Å². The molecular weight excluding hydrogens is 481 g/mol. The summed E-state index contributed by atoms with van der Waals surface area (Å²) < 4.78 is 54.0. The fourth-order valence-corrected chi connectivity index (χ4v) is 3.50. The lowest BCUT2D eigenvalue weighted by atomic mass is 9.93. The standard InChI is InChI=1S/C23H25F3N6O4/c1-12-7-13(8-27)9-28-17(12)19(33)30-15-6-5-14(24)18(29-15)23(20(25)26)11-35-10-16(32-23)31-21(34)36-22(2,3)4/h5-7,9,16,20,32H,10-11H2,1-4H3,(H,31,34)(H,29,30,33)/t16?,23-/m0/s1. The number of carbonyl (C=O) groups is 2. The molecule has 1 aliphatic heterocycles. The van der Waals surface area contributed by atoms with Crippen molar-refractivity contribution in [2.45, 2.75) is 51.4 Å². The predicted molar refractivity (Wildman–Crippen MR) is 121 cm³/mol. The van der Waals surface area contributed by atoms with E-state index in [0.29, 0.717) is 5.56 Å². The maximum absolute atomic E-state index is 14.8. The predicted octanol–water partition coefficient (Wildman–Crippen LogP) is 2.98. The summed E-state index contributed by atoms with van der Waals surface area (Å²) in [6, 6.07) is 5.35. The van der Waals surface area contributed by atoms with Gasteiger partial charge in [0.1, 0.15) is 40.9 Å². The van der Waals surface area contributed by atoms with E-state index in [0.717, 1.165) is 12.1 Å². The number of morpholine rings is 1. The average molecular weight is 506 g/mol. The fraction of sp³-hybridized carbons (Fsp3) is 0.435. The molecule has 2 atom stereocenters. The van der Waals surface area contributed by atoms with Crippen molar-refractivity contribution in [2.75, 3.05) is 18.5 Å². The number of pyridine rings is 2. The Kier molecular flexibility index (Phi) is 7.80. The highest BCUT2D eigenvalue weighted by molar-refractivity contribution is 6.03. The van der Waals surface area contributed by atoms with Gasteiger partial charge in [-0.25, -0.2) is 27.9 Å². The highest BCUT2D eigenvalue weighted by atomic mass is 19.3. The Balaban J connectivity index is 1.87. The summed E-state index contributed by atoms with van der Waals surface area (Å²) in [6.07, 6.45) is -4.03. The molecule has 13 heteroatoms. The van der Waals surface area contributed by atoms with Crippen LogP contribution < -0.4 is 16.0 Å². The van der Waals surface area contributed by atoms with Crippen molar-refractivity contribution in [2.24, 2.45) is 0 Å². The molecule has 1 aliphatic rings. The van der Waals surface area contributed by atoms with Crippen molar-refractivity contribution in [3.8, 4) is 6.07 Å². The van der Waals surface area contributed by atoms with E-state index in [2.05, 4.69) is 25.9 Å². The van der Waals surface area contributed by atoms with Gasteiger partial charge in [-0.15, -0.1) is 0 Å². The number of ether oxygens (including phenoxy) is 2. The molecule has 0 spiro atoms. The van der Waals surface area contributed by atoms with E-state index >= 15 is 0 Å². The monoisotopic (exact) mass is 506 g/mol. The second kappa shape index (κ2) is 10.5. The largest absolute Gasteiger partial charge is 0.444 e. The van der Waals surface area contributed by atoms with Gasteiger partial charge in [0.15, 0.2) is 5.54 Å². The Morgan fingerprint density at radius 3 is 2.69 bits per heavy atom. The molecule has 0 aliphatic carbocycles. The number of aromatic nitrogens is 2. The molecule has 1 saturated heterocycles. The number of amides is 2. The van der Waals surface area contributed by atoms with Gasteiger partial charge in [0.25, 0.3) is 12.3 Å². The maximum Gasteiger partial charge on any atom is 0.408 e. The van der Waals surface area contributed by atoms with Crippen LogP contribution in [0.25, 0.3) is 0 Å². The third-order valence-corrected chi connectivity index (χ3v) is 5.04. The zero-order valence-corrected chi connectivity index (χ0v) is 20.0. The molecule has 10 nitrogen and oxygen atoms in total. The molecule has 1 fully saturated rings. The maximum atomic E-state index is 14.8. The lowest BCUT2D eigenvalue weighted by Crippen LogP contribution is -2.66. The van der Waals surface area contributed by atoms with Crippen LogP contribution in [0.4, 0.5) is 23.8 Å². The molecule has 0 bridgehead atoms. The van der Waals surface area contributed by atoms with E-state index in [1.165, 1.54) is 12.3 Å². The fourth-order valence-electron chi connectivity index (χ4n) is 3.50. The lowest BCUT2D eigenvalue weighted by molar-refractivity contribution is -0.0888. The Morgan fingerprint density at radius 1 is 1.36 bits per heavy atom. The summed E-state index contributed by atoms with van der Waals surface area (Å²) in [5.41, 5.74) is -3.35. The topological polar surface area (TPSA) is 138 Å². The zero-order valence-electron chi connectivity index (χ0n) is 20.0. The van der Waals surface area contributed by atoms with Crippen LogP contribution in [0.2, 0.25) is 0 Å². The van der Waals surface area contributed by atoms with Crippen LogP contribution >= 0.6 is 0 Å². The van der Waals surface area contributed by atoms with Gasteiger partial charge in [0.2, 0.25) is 0 Å². The number of hydrogen-bond acceptors (Lipinski definition) is 8. The van der Waals surface area contributed by atoms with Crippen LogP contribution in [0.1, 0.15) is 48.1 Å². The summed E-state index contributed by atoms with van der Waals surface area (Å²) >= 11 is 0. The summed E-state index contributed by atoms with van der Waals surface area (Å²) in [5, 5.41) is 16.3. The smallest absolute Gasteiger partial charge is 0.408 e. The summed E-state index contributed by atoms with van der Waals surface area (Å²) in [6.45, 7) is 5.63. The Morgan fingerprint density at radius 2 is 2.08 bits per heavy atom. The number of alkyl halides is 2. The van der Waals surface area contributed by atoms with Gasteiger partial charge >= 0.3 is 6.09 Å². The van der Waals surface area contributed by atoms with E-state index in [-0.39, 0.29) is 23.7 Å². The minimum Gasteiger partial charge on any atom is -0.444 e. The average Bonchev–Trinajstić information content (AvgIpc) is 2.78. The first kappa shape index (κ1) is 26.8. The van der Waals surface area contributed by atoms with Gasteiger partial charge in [-0.05, 0) is 51.5 Å². The molecule has 2 amide bonds. The van der Waals surface area contributed by atoms with Crippen LogP contribution in [0, 0.1) is 24.1 Å². The number of nitriles is 1. The third-order valence-electron chi connectivity index (χ3n) is 5.04. The minimum atomic E-state index is -3.21. The molecule has 1 unspecified atom stereocenters. The van der Waals surface area contributed by atoms with Gasteiger partial charge in [0.05, 0.1) is 18.8 Å². The lowest BCUT2D eigenvalue weighted by Gasteiger charge is -2.41. The number of halogens is 3. The van der Waals surface area contributed by atoms with Crippen molar-refractivity contribution in [3.05, 3.63) is 52.7 Å². The van der Waals surface area contributed by atoms with E-state index in [9.17, 15) is 22.8 Å². The summed E-state index contributed by atoms with van der Waals surface area (Å²) in [4.78, 5) is 32.7. The SMILES string of the molecule is Cc1cc(C#N)cnc1C(=O)Nc1ccc(F)c([C@]2(C(F)F)COCC(NC(=O)OC(C)(C)C)N2)n1. The molecule has 192 valence electrons. The molecule has 3 heterocycles. The van der Waals surface area contributed by atoms with Gasteiger partial charge in [-0.3, -0.25) is 10.1 Å². The number of nitrogens with one attached hydrogen (secondary N) is 3. The number of rotatable bonds is 5. The molecule has 0 radical (unpaired) electrons. The molecular formula is C23H25F3N6O4. The van der Waals surface area contributed by atoms with E-state index in [1.54, 1.807) is 27.7 Å². The molecule has 2 aromatic rings. The van der Waals surface area contributed by atoms with Crippen molar-refractivity contribution in [3.63, 3.8) is 0 Å². The number of aryl methyl sites for hydroxylation is 1. The number of hydrogen-bond donors (Lipinski definition) is 3. The number of nitrogens with zero attached hydrogens (tertiary/aromatic N) is 3. The Hall–Kier alpha value is -3.76. The summed E-state index contributed by atoms with van der Waals surface area (Å²) in [7, 11) is 0. The highest BCUT2D eigenvalue weighted by Gasteiger charge is 2.50. The highest BCUT2D eigenvalue weighted by Crippen LogP contribution is 2.33. The van der Waals surface area contributed by atoms with Crippen LogP contribution in [-0.2, 0) is 15.0 Å². The number of anilines is 1.